The second-order valence-corrected chi connectivity index (χ2v) is 7.29. The summed E-state index contributed by atoms with van der Waals surface area (Å²) < 4.78 is 25.5. The Kier molecular flexibility index (Phi) is 6.07. The molecule has 0 aliphatic heterocycles. The van der Waals surface area contributed by atoms with Crippen molar-refractivity contribution in [1.82, 2.24) is 4.31 Å². The molecule has 0 aliphatic rings. The number of nitrogens with two attached hydrogens (primary N) is 1. The van der Waals surface area contributed by atoms with Crippen molar-refractivity contribution < 1.29 is 13.5 Å². The van der Waals surface area contributed by atoms with Crippen LogP contribution in [0, 0.1) is 0 Å². The third-order valence-electron chi connectivity index (χ3n) is 2.92. The highest BCUT2D eigenvalue weighted by Gasteiger charge is 2.18. The Bertz CT molecular complexity index is 553. The molecule has 0 saturated heterocycles. The third-order valence-corrected chi connectivity index (χ3v) is 4.99. The molecule has 0 radical (unpaired) electrons. The van der Waals surface area contributed by atoms with Crippen LogP contribution in [-0.2, 0) is 15.8 Å². The Labute approximate surface area is 125 Å². The number of aliphatic hydroxyl groups excluding tert-OH is 1. The monoisotopic (exact) mass is 316 g/mol. The second kappa shape index (κ2) is 7.12. The van der Waals surface area contributed by atoms with Gasteiger partial charge in [0.25, 0.3) is 0 Å². The molecule has 0 heterocycles. The zero-order valence-electron chi connectivity index (χ0n) is 11.6. The van der Waals surface area contributed by atoms with E-state index >= 15 is 0 Å². The molecule has 1 aromatic rings. The topological polar surface area (TPSA) is 83.6 Å². The lowest BCUT2D eigenvalue weighted by molar-refractivity contribution is 0.177. The number of sulfonamides is 1. The van der Waals surface area contributed by atoms with Gasteiger partial charge in [-0.15, -0.1) is 0 Å². The zero-order valence-corrected chi connectivity index (χ0v) is 13.2. The van der Waals surface area contributed by atoms with Crippen LogP contribution in [0.3, 0.4) is 0 Å². The molecule has 112 valence electrons. The van der Waals surface area contributed by atoms with Crippen LogP contribution in [0.1, 0.15) is 24.5 Å². The number of benzene rings is 1. The van der Waals surface area contributed by atoms with E-state index in [1.54, 1.807) is 31.2 Å². The van der Waals surface area contributed by atoms with Gasteiger partial charge < -0.3 is 10.8 Å². The van der Waals surface area contributed by atoms with Crippen molar-refractivity contribution in [2.45, 2.75) is 25.2 Å². The Morgan fingerprint density at radius 3 is 2.40 bits per heavy atom. The van der Waals surface area contributed by atoms with E-state index < -0.39 is 16.1 Å². The summed E-state index contributed by atoms with van der Waals surface area (Å²) in [6.07, 6.45) is -0.103. The first-order valence-electron chi connectivity index (χ1n) is 6.23. The lowest BCUT2D eigenvalue weighted by Crippen LogP contribution is -2.30. The van der Waals surface area contributed by atoms with Crippen LogP contribution in [0.25, 0.3) is 0 Å². The molecule has 1 atom stereocenters. The van der Waals surface area contributed by atoms with Gasteiger partial charge >= 0.3 is 0 Å². The standard InChI is InChI=1S/C13H20N2O3S2/c1-10(16)7-8-15(2)20(17,18)9-11-3-5-12(6-4-11)13(14)19/h3-6,10,16H,7-9H2,1-2H3,(H2,14,19). The average Bonchev–Trinajstić information content (AvgIpc) is 2.35. The minimum Gasteiger partial charge on any atom is -0.393 e. The molecule has 20 heavy (non-hydrogen) atoms. The van der Waals surface area contributed by atoms with Gasteiger partial charge in [0.1, 0.15) is 4.99 Å². The summed E-state index contributed by atoms with van der Waals surface area (Å²) >= 11 is 4.84. The van der Waals surface area contributed by atoms with Crippen molar-refractivity contribution in [3.8, 4) is 0 Å². The quantitative estimate of drug-likeness (QED) is 0.729. The van der Waals surface area contributed by atoms with Gasteiger partial charge in [-0.1, -0.05) is 36.5 Å². The van der Waals surface area contributed by atoms with Crippen molar-refractivity contribution in [3.63, 3.8) is 0 Å². The molecule has 0 saturated carbocycles. The first kappa shape index (κ1) is 17.0. The summed E-state index contributed by atoms with van der Waals surface area (Å²) in [6, 6.07) is 6.83. The second-order valence-electron chi connectivity index (χ2n) is 4.78. The van der Waals surface area contributed by atoms with Crippen LogP contribution < -0.4 is 5.73 Å². The number of aliphatic hydroxyl groups is 1. The van der Waals surface area contributed by atoms with E-state index in [1.165, 1.54) is 11.4 Å². The summed E-state index contributed by atoms with van der Waals surface area (Å²) in [5.74, 6) is -0.0824. The van der Waals surface area contributed by atoms with Crippen molar-refractivity contribution in [2.24, 2.45) is 5.73 Å². The highest BCUT2D eigenvalue weighted by Crippen LogP contribution is 2.12. The minimum atomic E-state index is -3.38. The smallest absolute Gasteiger partial charge is 0.218 e. The molecule has 7 heteroatoms. The largest absolute Gasteiger partial charge is 0.393 e. The van der Waals surface area contributed by atoms with Crippen LogP contribution in [0.2, 0.25) is 0 Å². The predicted molar refractivity (Wildman–Crippen MR) is 83.9 cm³/mol. The summed E-state index contributed by atoms with van der Waals surface area (Å²) in [7, 11) is -1.87. The van der Waals surface area contributed by atoms with Crippen molar-refractivity contribution in [1.29, 1.82) is 0 Å². The van der Waals surface area contributed by atoms with Gasteiger partial charge in [-0.05, 0) is 18.9 Å². The molecule has 1 aromatic carbocycles. The van der Waals surface area contributed by atoms with E-state index in [1.807, 2.05) is 0 Å². The maximum absolute atomic E-state index is 12.1. The van der Waals surface area contributed by atoms with Crippen LogP contribution in [0.15, 0.2) is 24.3 Å². The fraction of sp³-hybridized carbons (Fsp3) is 0.462. The van der Waals surface area contributed by atoms with Gasteiger partial charge in [-0.25, -0.2) is 12.7 Å². The number of nitrogens with zero attached hydrogens (tertiary/aromatic N) is 1. The van der Waals surface area contributed by atoms with Crippen LogP contribution in [0.4, 0.5) is 0 Å². The van der Waals surface area contributed by atoms with Crippen molar-refractivity contribution in [2.75, 3.05) is 13.6 Å². The molecule has 1 rings (SSSR count). The Balaban J connectivity index is 2.72. The molecule has 3 N–H and O–H groups in total. The van der Waals surface area contributed by atoms with Gasteiger partial charge in [0.15, 0.2) is 0 Å². The van der Waals surface area contributed by atoms with Crippen LogP contribution >= 0.6 is 12.2 Å². The normalized spacial score (nSPS) is 13.4. The summed E-state index contributed by atoms with van der Waals surface area (Å²) in [5.41, 5.74) is 6.88. The van der Waals surface area contributed by atoms with Crippen molar-refractivity contribution in [3.05, 3.63) is 35.4 Å². The number of rotatable bonds is 7. The fourth-order valence-electron chi connectivity index (χ4n) is 1.59. The van der Waals surface area contributed by atoms with Gasteiger partial charge in [-0.3, -0.25) is 0 Å². The first-order valence-corrected chi connectivity index (χ1v) is 8.25. The first-order chi connectivity index (χ1) is 9.22. The highest BCUT2D eigenvalue weighted by atomic mass is 32.2. The predicted octanol–water partition coefficient (Wildman–Crippen LogP) is 0.853. The lowest BCUT2D eigenvalue weighted by atomic mass is 10.1. The molecular weight excluding hydrogens is 296 g/mol. The highest BCUT2D eigenvalue weighted by molar-refractivity contribution is 7.88. The van der Waals surface area contributed by atoms with E-state index in [2.05, 4.69) is 0 Å². The SMILES string of the molecule is CC(O)CCN(C)S(=O)(=O)Cc1ccc(C(N)=S)cc1. The number of hydrogen-bond acceptors (Lipinski definition) is 4. The lowest BCUT2D eigenvalue weighted by Gasteiger charge is -2.18. The van der Waals surface area contributed by atoms with Crippen LogP contribution in [-0.4, -0.2) is 42.5 Å². The summed E-state index contributed by atoms with van der Waals surface area (Å²) in [4.78, 5) is 0.286. The van der Waals surface area contributed by atoms with Crippen LogP contribution in [0.5, 0.6) is 0 Å². The van der Waals surface area contributed by atoms with Gasteiger partial charge in [0, 0.05) is 19.2 Å². The summed E-state index contributed by atoms with van der Waals surface area (Å²) in [6.45, 7) is 1.93. The number of hydrogen-bond donors (Lipinski definition) is 2. The minimum absolute atomic E-state index is 0.0824. The molecule has 0 bridgehead atoms. The van der Waals surface area contributed by atoms with E-state index in [0.29, 0.717) is 24.1 Å². The molecule has 0 aliphatic carbocycles. The molecule has 0 amide bonds. The average molecular weight is 316 g/mol. The molecule has 0 aromatic heterocycles. The third kappa shape index (κ3) is 5.16. The molecule has 1 unspecified atom stereocenters. The Morgan fingerprint density at radius 1 is 1.40 bits per heavy atom. The Morgan fingerprint density at radius 2 is 1.95 bits per heavy atom. The van der Waals surface area contributed by atoms with E-state index in [0.717, 1.165) is 0 Å². The van der Waals surface area contributed by atoms with Gasteiger partial charge in [-0.2, -0.15) is 0 Å². The maximum Gasteiger partial charge on any atom is 0.218 e. The Hall–Kier alpha value is -1.02. The van der Waals surface area contributed by atoms with Gasteiger partial charge in [0.2, 0.25) is 10.0 Å². The number of thiocarbonyl (C=S) groups is 1. The molecule has 0 spiro atoms. The molecule has 5 nitrogen and oxygen atoms in total. The fourth-order valence-corrected chi connectivity index (χ4v) is 2.95. The van der Waals surface area contributed by atoms with E-state index in [-0.39, 0.29) is 10.7 Å². The molecular formula is C13H20N2O3S2. The van der Waals surface area contributed by atoms with Gasteiger partial charge in [0.05, 0.1) is 11.9 Å². The molecule has 0 fully saturated rings. The summed E-state index contributed by atoms with van der Waals surface area (Å²) in [5, 5.41) is 9.19. The maximum atomic E-state index is 12.1. The van der Waals surface area contributed by atoms with E-state index in [4.69, 9.17) is 18.0 Å². The van der Waals surface area contributed by atoms with E-state index in [9.17, 15) is 13.5 Å². The zero-order chi connectivity index (χ0) is 15.3. The van der Waals surface area contributed by atoms with Crippen molar-refractivity contribution >= 4 is 27.2 Å².